The Morgan fingerprint density at radius 2 is 1.62 bits per heavy atom. The minimum Gasteiger partial charge on any atom is -0.342 e. The minimum atomic E-state index is 0.0590. The van der Waals surface area contributed by atoms with Crippen molar-refractivity contribution in [2.24, 2.45) is 11.8 Å². The van der Waals surface area contributed by atoms with E-state index in [2.05, 4.69) is 12.0 Å². The summed E-state index contributed by atoms with van der Waals surface area (Å²) in [6.45, 7) is 7.33. The van der Waals surface area contributed by atoms with Gasteiger partial charge in [0.1, 0.15) is 4.83 Å². The number of aromatic nitrogens is 2. The van der Waals surface area contributed by atoms with Gasteiger partial charge in [-0.25, -0.2) is 4.68 Å². The van der Waals surface area contributed by atoms with Gasteiger partial charge in [0.15, 0.2) is 0 Å². The lowest BCUT2D eigenvalue weighted by Gasteiger charge is -2.36. The molecule has 5 rings (SSSR count). The third-order valence-electron chi connectivity index (χ3n) is 6.98. The number of fused-ring (bicyclic) bond motifs is 1. The SMILES string of the molecule is Cc1nn(-c2ccccc2)c2sc(C(=O)N3CCC(C(=O)N4CCC(C)CC4)CC3)cc12. The molecule has 4 heterocycles. The predicted octanol–water partition coefficient (Wildman–Crippen LogP) is 4.51. The number of benzene rings is 1. The highest BCUT2D eigenvalue weighted by Crippen LogP contribution is 2.32. The fourth-order valence-corrected chi connectivity index (χ4v) is 6.02. The van der Waals surface area contributed by atoms with Gasteiger partial charge in [-0.1, -0.05) is 25.1 Å². The van der Waals surface area contributed by atoms with Gasteiger partial charge < -0.3 is 9.80 Å². The highest BCUT2D eigenvalue weighted by Gasteiger charge is 2.32. The van der Waals surface area contributed by atoms with Crippen LogP contribution in [0.15, 0.2) is 36.4 Å². The van der Waals surface area contributed by atoms with Crippen molar-refractivity contribution in [2.45, 2.75) is 39.5 Å². The number of aryl methyl sites for hydroxylation is 1. The van der Waals surface area contributed by atoms with E-state index in [1.165, 1.54) is 11.3 Å². The van der Waals surface area contributed by atoms with Crippen molar-refractivity contribution in [2.75, 3.05) is 26.2 Å². The van der Waals surface area contributed by atoms with Crippen LogP contribution in [0.5, 0.6) is 0 Å². The zero-order chi connectivity index (χ0) is 22.2. The number of carbonyl (C=O) groups is 2. The predicted molar refractivity (Wildman–Crippen MR) is 127 cm³/mol. The molecule has 7 heteroatoms. The van der Waals surface area contributed by atoms with Crippen LogP contribution in [0.1, 0.15) is 48.0 Å². The zero-order valence-electron chi connectivity index (χ0n) is 18.8. The maximum absolute atomic E-state index is 13.3. The zero-order valence-corrected chi connectivity index (χ0v) is 19.6. The number of para-hydroxylation sites is 1. The number of hydrogen-bond acceptors (Lipinski definition) is 4. The Morgan fingerprint density at radius 1 is 0.969 bits per heavy atom. The maximum atomic E-state index is 13.3. The Labute approximate surface area is 192 Å². The summed E-state index contributed by atoms with van der Waals surface area (Å²) in [5.74, 6) is 1.15. The first-order chi connectivity index (χ1) is 15.5. The van der Waals surface area contributed by atoms with Crippen LogP contribution in [0.2, 0.25) is 0 Å². The normalized spacial score (nSPS) is 18.4. The second kappa shape index (κ2) is 8.70. The molecule has 0 atom stereocenters. The monoisotopic (exact) mass is 450 g/mol. The highest BCUT2D eigenvalue weighted by molar-refractivity contribution is 7.20. The van der Waals surface area contributed by atoms with Crippen LogP contribution in [0.4, 0.5) is 0 Å². The number of amides is 2. The van der Waals surface area contributed by atoms with E-state index in [0.717, 1.165) is 71.2 Å². The van der Waals surface area contributed by atoms with E-state index in [0.29, 0.717) is 19.0 Å². The Balaban J connectivity index is 1.27. The molecule has 3 aromatic rings. The molecule has 2 aliphatic heterocycles. The van der Waals surface area contributed by atoms with E-state index in [1.807, 2.05) is 57.8 Å². The molecular formula is C25H30N4O2S. The number of hydrogen-bond donors (Lipinski definition) is 0. The highest BCUT2D eigenvalue weighted by atomic mass is 32.1. The molecule has 0 saturated carbocycles. The molecule has 2 fully saturated rings. The van der Waals surface area contributed by atoms with Gasteiger partial charge in [0.05, 0.1) is 16.3 Å². The quantitative estimate of drug-likeness (QED) is 0.590. The van der Waals surface area contributed by atoms with Gasteiger partial charge in [0, 0.05) is 37.5 Å². The number of thiophene rings is 1. The molecule has 2 amide bonds. The summed E-state index contributed by atoms with van der Waals surface area (Å²) < 4.78 is 1.93. The van der Waals surface area contributed by atoms with E-state index in [1.54, 1.807) is 0 Å². The molecular weight excluding hydrogens is 420 g/mol. The van der Waals surface area contributed by atoms with E-state index in [4.69, 9.17) is 0 Å². The van der Waals surface area contributed by atoms with Crippen LogP contribution < -0.4 is 0 Å². The molecule has 0 N–H and O–H groups in total. The van der Waals surface area contributed by atoms with Crippen molar-refractivity contribution in [1.82, 2.24) is 19.6 Å². The summed E-state index contributed by atoms with van der Waals surface area (Å²) in [4.78, 5) is 31.9. The number of piperidine rings is 2. The number of carbonyl (C=O) groups excluding carboxylic acids is 2. The van der Waals surface area contributed by atoms with Crippen molar-refractivity contribution >= 4 is 33.4 Å². The van der Waals surface area contributed by atoms with Gasteiger partial charge >= 0.3 is 0 Å². The molecule has 0 bridgehead atoms. The average Bonchev–Trinajstić information content (AvgIpc) is 3.40. The first kappa shape index (κ1) is 21.2. The minimum absolute atomic E-state index is 0.0590. The first-order valence-electron chi connectivity index (χ1n) is 11.6. The van der Waals surface area contributed by atoms with Crippen molar-refractivity contribution in [3.8, 4) is 5.69 Å². The van der Waals surface area contributed by atoms with Crippen LogP contribution in [-0.4, -0.2) is 57.6 Å². The summed E-state index contributed by atoms with van der Waals surface area (Å²) in [7, 11) is 0. The molecule has 32 heavy (non-hydrogen) atoms. The lowest BCUT2D eigenvalue weighted by atomic mass is 9.92. The molecule has 2 aromatic heterocycles. The smallest absolute Gasteiger partial charge is 0.264 e. The van der Waals surface area contributed by atoms with Gasteiger partial charge in [0.2, 0.25) is 5.91 Å². The standard InChI is InChI=1S/C25H30N4O2S/c1-17-8-12-27(13-9-17)23(30)19-10-14-28(15-11-19)24(31)22-16-21-18(2)26-29(25(21)32-22)20-6-4-3-5-7-20/h3-7,16-17,19H,8-15H2,1-2H3. The molecule has 0 aliphatic carbocycles. The Morgan fingerprint density at radius 3 is 2.31 bits per heavy atom. The van der Waals surface area contributed by atoms with Crippen molar-refractivity contribution in [1.29, 1.82) is 0 Å². The molecule has 168 valence electrons. The third-order valence-corrected chi connectivity index (χ3v) is 8.08. The van der Waals surface area contributed by atoms with Crippen LogP contribution in [0, 0.1) is 18.8 Å². The van der Waals surface area contributed by atoms with Gasteiger partial charge in [-0.15, -0.1) is 11.3 Å². The molecule has 2 aliphatic rings. The molecule has 1 aromatic carbocycles. The van der Waals surface area contributed by atoms with Crippen molar-refractivity contribution in [3.63, 3.8) is 0 Å². The van der Waals surface area contributed by atoms with Crippen LogP contribution in [-0.2, 0) is 4.79 Å². The lowest BCUT2D eigenvalue weighted by molar-refractivity contribution is -0.138. The van der Waals surface area contributed by atoms with Gasteiger partial charge in [-0.2, -0.15) is 5.10 Å². The topological polar surface area (TPSA) is 58.4 Å². The maximum Gasteiger partial charge on any atom is 0.264 e. The van der Waals surface area contributed by atoms with Gasteiger partial charge in [-0.3, -0.25) is 9.59 Å². The largest absolute Gasteiger partial charge is 0.342 e. The summed E-state index contributed by atoms with van der Waals surface area (Å²) in [6, 6.07) is 12.0. The third kappa shape index (κ3) is 3.94. The molecule has 2 saturated heterocycles. The second-order valence-electron chi connectivity index (χ2n) is 9.24. The summed E-state index contributed by atoms with van der Waals surface area (Å²) in [5, 5.41) is 5.71. The molecule has 0 unspecified atom stereocenters. The first-order valence-corrected chi connectivity index (χ1v) is 12.5. The van der Waals surface area contributed by atoms with Gasteiger partial charge in [-0.05, 0) is 56.7 Å². The van der Waals surface area contributed by atoms with E-state index < -0.39 is 0 Å². The second-order valence-corrected chi connectivity index (χ2v) is 10.3. The van der Waals surface area contributed by atoms with Crippen molar-refractivity contribution < 1.29 is 9.59 Å². The number of nitrogens with zero attached hydrogens (tertiary/aromatic N) is 4. The van der Waals surface area contributed by atoms with Crippen LogP contribution in [0.25, 0.3) is 15.9 Å². The molecule has 0 spiro atoms. The summed E-state index contributed by atoms with van der Waals surface area (Å²) in [6.07, 6.45) is 3.74. The van der Waals surface area contributed by atoms with E-state index in [9.17, 15) is 9.59 Å². The lowest BCUT2D eigenvalue weighted by Crippen LogP contribution is -2.46. The van der Waals surface area contributed by atoms with Crippen LogP contribution in [0.3, 0.4) is 0 Å². The van der Waals surface area contributed by atoms with Gasteiger partial charge in [0.25, 0.3) is 5.91 Å². The molecule has 0 radical (unpaired) electrons. The average molecular weight is 451 g/mol. The van der Waals surface area contributed by atoms with E-state index >= 15 is 0 Å². The summed E-state index contributed by atoms with van der Waals surface area (Å²) >= 11 is 1.51. The fraction of sp³-hybridized carbons (Fsp3) is 0.480. The number of likely N-dealkylation sites (tertiary alicyclic amines) is 2. The van der Waals surface area contributed by atoms with E-state index in [-0.39, 0.29) is 11.8 Å². The fourth-order valence-electron chi connectivity index (χ4n) is 4.87. The molecule has 6 nitrogen and oxygen atoms in total. The Kier molecular flexibility index (Phi) is 5.76. The Hall–Kier alpha value is -2.67. The van der Waals surface area contributed by atoms with Crippen LogP contribution >= 0.6 is 11.3 Å². The summed E-state index contributed by atoms with van der Waals surface area (Å²) in [5.41, 5.74) is 1.93. The number of rotatable bonds is 3. The Bertz CT molecular complexity index is 1120. The van der Waals surface area contributed by atoms with Crippen molar-refractivity contribution in [3.05, 3.63) is 47.0 Å².